The average molecular weight is 288 g/mol. The zero-order valence-electron chi connectivity index (χ0n) is 12.6. The molecule has 0 N–H and O–H groups in total. The van der Waals surface area contributed by atoms with Crippen LogP contribution in [0.25, 0.3) is 0 Å². The maximum atomic E-state index is 4.96. The molecule has 4 atom stereocenters. The number of azo groups is 1. The van der Waals surface area contributed by atoms with Gasteiger partial charge in [0.1, 0.15) is 5.54 Å². The van der Waals surface area contributed by atoms with Gasteiger partial charge in [-0.15, -0.1) is 0 Å². The summed E-state index contributed by atoms with van der Waals surface area (Å²) < 4.78 is 0. The first-order valence-corrected chi connectivity index (χ1v) is 8.42. The monoisotopic (exact) mass is 288 g/mol. The molecule has 0 amide bonds. The molecule has 5 rings (SSSR count). The number of hydrogen-bond donors (Lipinski definition) is 0. The molecular formula is C20H20N2. The number of rotatable bonds is 2. The summed E-state index contributed by atoms with van der Waals surface area (Å²) in [5, 5.41) is 9.77. The van der Waals surface area contributed by atoms with Crippen molar-refractivity contribution in [3.63, 3.8) is 0 Å². The smallest absolute Gasteiger partial charge is 0.136 e. The van der Waals surface area contributed by atoms with Crippen molar-refractivity contribution in [1.82, 2.24) is 0 Å². The Morgan fingerprint density at radius 3 is 2.00 bits per heavy atom. The molecule has 2 nitrogen and oxygen atoms in total. The minimum absolute atomic E-state index is 0.257. The van der Waals surface area contributed by atoms with Crippen LogP contribution in [0.4, 0.5) is 0 Å². The first kappa shape index (κ1) is 12.6. The minimum Gasteiger partial charge on any atom is -0.189 e. The van der Waals surface area contributed by atoms with Gasteiger partial charge < -0.3 is 0 Å². The van der Waals surface area contributed by atoms with E-state index in [1.807, 2.05) is 0 Å². The van der Waals surface area contributed by atoms with Crippen molar-refractivity contribution in [2.45, 2.75) is 30.8 Å². The molecule has 22 heavy (non-hydrogen) atoms. The van der Waals surface area contributed by atoms with E-state index in [1.165, 1.54) is 30.4 Å². The summed E-state index contributed by atoms with van der Waals surface area (Å²) in [7, 11) is 0. The van der Waals surface area contributed by atoms with Crippen molar-refractivity contribution in [2.75, 3.05) is 0 Å². The van der Waals surface area contributed by atoms with Gasteiger partial charge in [-0.1, -0.05) is 60.7 Å². The van der Waals surface area contributed by atoms with E-state index in [1.54, 1.807) is 0 Å². The highest BCUT2D eigenvalue weighted by molar-refractivity contribution is 5.42. The predicted molar refractivity (Wildman–Crippen MR) is 86.6 cm³/mol. The molecule has 110 valence electrons. The molecule has 1 heterocycles. The van der Waals surface area contributed by atoms with Crippen molar-refractivity contribution in [2.24, 2.45) is 28.0 Å². The summed E-state index contributed by atoms with van der Waals surface area (Å²) in [6.07, 6.45) is 4.07. The zero-order valence-corrected chi connectivity index (χ0v) is 12.6. The Morgan fingerprint density at radius 1 is 0.773 bits per heavy atom. The molecule has 2 fully saturated rings. The third kappa shape index (κ3) is 1.50. The van der Waals surface area contributed by atoms with Gasteiger partial charge in [0, 0.05) is 5.92 Å². The summed E-state index contributed by atoms with van der Waals surface area (Å²) in [5.74, 6) is 2.11. The highest BCUT2D eigenvalue weighted by Crippen LogP contribution is 2.62. The quantitative estimate of drug-likeness (QED) is 0.757. The van der Waals surface area contributed by atoms with Crippen molar-refractivity contribution >= 4 is 0 Å². The van der Waals surface area contributed by atoms with Gasteiger partial charge in [0.2, 0.25) is 0 Å². The van der Waals surface area contributed by atoms with E-state index in [2.05, 4.69) is 60.7 Å². The molecule has 0 saturated heterocycles. The summed E-state index contributed by atoms with van der Waals surface area (Å²) in [6.45, 7) is 0. The summed E-state index contributed by atoms with van der Waals surface area (Å²) >= 11 is 0. The fourth-order valence-electron chi connectivity index (χ4n) is 5.29. The highest BCUT2D eigenvalue weighted by atomic mass is 15.2. The number of benzene rings is 2. The van der Waals surface area contributed by atoms with E-state index >= 15 is 0 Å². The summed E-state index contributed by atoms with van der Waals surface area (Å²) in [4.78, 5) is 0. The largest absolute Gasteiger partial charge is 0.189 e. The van der Waals surface area contributed by atoms with E-state index in [0.717, 1.165) is 11.8 Å². The average Bonchev–Trinajstić information content (AvgIpc) is 3.29. The van der Waals surface area contributed by atoms with E-state index in [-0.39, 0.29) is 5.54 Å². The SMILES string of the molecule is c1ccc(C2(c3ccccc3)N=N[C@@H]3[C@H]4CC[C@@H](C4)[C@H]32)cc1. The van der Waals surface area contributed by atoms with Gasteiger partial charge in [-0.2, -0.15) is 10.2 Å². The van der Waals surface area contributed by atoms with Crippen LogP contribution in [0.1, 0.15) is 30.4 Å². The minimum atomic E-state index is -0.257. The van der Waals surface area contributed by atoms with Crippen molar-refractivity contribution in [3.05, 3.63) is 71.8 Å². The normalized spacial score (nSPS) is 34.0. The van der Waals surface area contributed by atoms with E-state index in [4.69, 9.17) is 10.2 Å². The van der Waals surface area contributed by atoms with Gasteiger partial charge >= 0.3 is 0 Å². The lowest BCUT2D eigenvalue weighted by Gasteiger charge is -2.37. The zero-order chi connectivity index (χ0) is 14.6. The van der Waals surface area contributed by atoms with Crippen LogP contribution in [-0.2, 0) is 5.54 Å². The predicted octanol–water partition coefficient (Wildman–Crippen LogP) is 4.81. The van der Waals surface area contributed by atoms with Gasteiger partial charge in [-0.25, -0.2) is 0 Å². The Labute approximate surface area is 131 Å². The second kappa shape index (κ2) is 4.52. The maximum absolute atomic E-state index is 4.96. The molecule has 3 aliphatic rings. The first-order valence-electron chi connectivity index (χ1n) is 8.42. The van der Waals surface area contributed by atoms with Gasteiger partial charge in [0.05, 0.1) is 6.04 Å². The Hall–Kier alpha value is -1.96. The molecule has 0 unspecified atom stereocenters. The Morgan fingerprint density at radius 2 is 1.36 bits per heavy atom. The van der Waals surface area contributed by atoms with E-state index in [0.29, 0.717) is 12.0 Å². The lowest BCUT2D eigenvalue weighted by molar-refractivity contribution is 0.236. The fourth-order valence-corrected chi connectivity index (χ4v) is 5.29. The summed E-state index contributed by atoms with van der Waals surface area (Å²) in [5.41, 5.74) is 2.36. The number of nitrogens with zero attached hydrogens (tertiary/aromatic N) is 2. The van der Waals surface area contributed by atoms with E-state index < -0.39 is 0 Å². The lowest BCUT2D eigenvalue weighted by Crippen LogP contribution is -2.39. The lowest BCUT2D eigenvalue weighted by atomic mass is 9.66. The molecule has 2 aromatic rings. The molecule has 0 radical (unpaired) electrons. The molecule has 2 saturated carbocycles. The topological polar surface area (TPSA) is 24.7 Å². The maximum Gasteiger partial charge on any atom is 0.136 e. The van der Waals surface area contributed by atoms with Gasteiger partial charge in [-0.05, 0) is 42.2 Å². The van der Waals surface area contributed by atoms with Crippen molar-refractivity contribution in [1.29, 1.82) is 0 Å². The highest BCUT2D eigenvalue weighted by Gasteiger charge is 2.61. The van der Waals surface area contributed by atoms with Crippen LogP contribution in [-0.4, -0.2) is 6.04 Å². The van der Waals surface area contributed by atoms with Crippen LogP contribution in [0.15, 0.2) is 70.9 Å². The van der Waals surface area contributed by atoms with Crippen LogP contribution in [0.2, 0.25) is 0 Å². The van der Waals surface area contributed by atoms with Gasteiger partial charge in [0.25, 0.3) is 0 Å². The van der Waals surface area contributed by atoms with Crippen molar-refractivity contribution in [3.8, 4) is 0 Å². The first-order chi connectivity index (χ1) is 10.9. The van der Waals surface area contributed by atoms with Crippen LogP contribution >= 0.6 is 0 Å². The second-order valence-electron chi connectivity index (χ2n) is 7.06. The summed E-state index contributed by atoms with van der Waals surface area (Å²) in [6, 6.07) is 22.1. The fraction of sp³-hybridized carbons (Fsp3) is 0.400. The second-order valence-corrected chi connectivity index (χ2v) is 7.06. The molecule has 0 spiro atoms. The molecular weight excluding hydrogens is 268 g/mol. The molecule has 2 aromatic carbocycles. The molecule has 2 bridgehead atoms. The third-order valence-electron chi connectivity index (χ3n) is 6.13. The van der Waals surface area contributed by atoms with Crippen LogP contribution in [0.3, 0.4) is 0 Å². The third-order valence-corrected chi connectivity index (χ3v) is 6.13. The van der Waals surface area contributed by atoms with Crippen molar-refractivity contribution < 1.29 is 0 Å². The molecule has 0 aromatic heterocycles. The van der Waals surface area contributed by atoms with E-state index in [9.17, 15) is 0 Å². The molecule has 2 heteroatoms. The van der Waals surface area contributed by atoms with Gasteiger partial charge in [-0.3, -0.25) is 0 Å². The Bertz CT molecular complexity index is 668. The number of fused-ring (bicyclic) bond motifs is 5. The molecule has 2 aliphatic carbocycles. The van der Waals surface area contributed by atoms with Crippen LogP contribution < -0.4 is 0 Å². The molecule has 1 aliphatic heterocycles. The van der Waals surface area contributed by atoms with Crippen LogP contribution in [0.5, 0.6) is 0 Å². The van der Waals surface area contributed by atoms with Gasteiger partial charge in [0.15, 0.2) is 0 Å². The Kier molecular flexibility index (Phi) is 2.58. The Balaban J connectivity index is 1.73. The standard InChI is InChI=1S/C20H20N2/c1-3-7-16(8-4-1)20(17-9-5-2-6-10-17)18-14-11-12-15(13-14)19(18)21-22-20/h1-10,14-15,18-19H,11-13H2/t14-,15-,18+,19+/m0/s1. The van der Waals surface area contributed by atoms with Crippen LogP contribution in [0, 0.1) is 17.8 Å². The number of hydrogen-bond acceptors (Lipinski definition) is 2.